The zero-order chi connectivity index (χ0) is 26.6. The van der Waals surface area contributed by atoms with Crippen molar-refractivity contribution in [3.8, 4) is 34.0 Å². The Kier molecular flexibility index (Phi) is 7.33. The highest BCUT2D eigenvalue weighted by atomic mass is 32.2. The molecule has 0 aliphatic rings. The zero-order valence-corrected chi connectivity index (χ0v) is 22.4. The molecule has 0 atom stereocenters. The molecule has 190 valence electrons. The van der Waals surface area contributed by atoms with E-state index in [1.165, 1.54) is 11.8 Å². The van der Waals surface area contributed by atoms with Crippen molar-refractivity contribution < 1.29 is 10.2 Å². The average molecular weight is 520 g/mol. The largest absolute Gasteiger partial charge is 0.504 e. The van der Waals surface area contributed by atoms with Crippen molar-refractivity contribution >= 4 is 23.1 Å². The van der Waals surface area contributed by atoms with Gasteiger partial charge in [-0.15, -0.1) is 0 Å². The van der Waals surface area contributed by atoms with Gasteiger partial charge in [-0.25, -0.2) is 4.98 Å². The molecule has 0 aliphatic heterocycles. The number of para-hydroxylation sites is 1. The van der Waals surface area contributed by atoms with Gasteiger partial charge in [0.1, 0.15) is 16.3 Å². The summed E-state index contributed by atoms with van der Waals surface area (Å²) < 4.78 is 0. The lowest BCUT2D eigenvalue weighted by molar-refractivity contribution is 0.414. The fourth-order valence-corrected chi connectivity index (χ4v) is 5.41. The first-order valence-electron chi connectivity index (χ1n) is 12.5. The highest BCUT2D eigenvalue weighted by molar-refractivity contribution is 7.99. The van der Waals surface area contributed by atoms with Crippen LogP contribution in [0.2, 0.25) is 0 Å². The van der Waals surface area contributed by atoms with Gasteiger partial charge in [0.2, 0.25) is 5.88 Å². The van der Waals surface area contributed by atoms with Gasteiger partial charge in [0.25, 0.3) is 0 Å². The number of aromatic nitrogens is 2. The van der Waals surface area contributed by atoms with E-state index in [4.69, 9.17) is 0 Å². The SMILES string of the molecule is CCN(c1ccccc1)c1c(-c2cccc(C)c2)nc(O)c(Sc2ccc(-c3ccncc3C)cc2)c1O. The standard InChI is InChI=1S/C32H29N3O2S/c1-4-35(25-11-6-5-7-12-25)29-28(24-10-8-9-21(2)19-24)34-32(37)31(30(29)36)38-26-15-13-23(14-16-26)27-17-18-33-20-22(27)3/h5-20H,4H2,1-3H3,(H2,34,36,37). The molecule has 0 bridgehead atoms. The van der Waals surface area contributed by atoms with Gasteiger partial charge in [-0.05, 0) is 73.9 Å². The minimum absolute atomic E-state index is 0.00114. The molecule has 0 saturated carbocycles. The molecule has 5 rings (SSSR count). The molecule has 38 heavy (non-hydrogen) atoms. The van der Waals surface area contributed by atoms with E-state index >= 15 is 0 Å². The first-order valence-corrected chi connectivity index (χ1v) is 13.3. The first-order chi connectivity index (χ1) is 18.5. The molecule has 6 heteroatoms. The van der Waals surface area contributed by atoms with Crippen LogP contribution in [-0.2, 0) is 0 Å². The van der Waals surface area contributed by atoms with Gasteiger partial charge in [-0.2, -0.15) is 0 Å². The fraction of sp³-hybridized carbons (Fsp3) is 0.125. The molecule has 0 amide bonds. The van der Waals surface area contributed by atoms with Crippen LogP contribution in [0.3, 0.4) is 0 Å². The summed E-state index contributed by atoms with van der Waals surface area (Å²) in [5.74, 6) is -0.204. The van der Waals surface area contributed by atoms with Crippen molar-refractivity contribution in [1.29, 1.82) is 0 Å². The number of hydrogen-bond donors (Lipinski definition) is 2. The number of rotatable bonds is 7. The topological polar surface area (TPSA) is 69.5 Å². The van der Waals surface area contributed by atoms with Crippen LogP contribution in [-0.4, -0.2) is 26.7 Å². The maximum absolute atomic E-state index is 11.7. The fourth-order valence-electron chi connectivity index (χ4n) is 4.57. The molecular weight excluding hydrogens is 490 g/mol. The average Bonchev–Trinajstić information content (AvgIpc) is 2.94. The second-order valence-electron chi connectivity index (χ2n) is 9.08. The predicted molar refractivity (Wildman–Crippen MR) is 155 cm³/mol. The summed E-state index contributed by atoms with van der Waals surface area (Å²) in [6.07, 6.45) is 3.64. The van der Waals surface area contributed by atoms with Crippen LogP contribution < -0.4 is 4.90 Å². The lowest BCUT2D eigenvalue weighted by Gasteiger charge is -2.27. The zero-order valence-electron chi connectivity index (χ0n) is 21.6. The van der Waals surface area contributed by atoms with Crippen LogP contribution in [0.15, 0.2) is 107 Å². The van der Waals surface area contributed by atoms with Gasteiger partial charge in [0.05, 0.1) is 0 Å². The van der Waals surface area contributed by atoms with Crippen LogP contribution >= 0.6 is 11.8 Å². The number of hydrogen-bond acceptors (Lipinski definition) is 6. The van der Waals surface area contributed by atoms with Crippen LogP contribution in [0.25, 0.3) is 22.4 Å². The molecular formula is C32H29N3O2S. The number of pyridine rings is 2. The molecule has 0 saturated heterocycles. The molecule has 2 N–H and O–H groups in total. The van der Waals surface area contributed by atoms with Gasteiger partial charge >= 0.3 is 0 Å². The Morgan fingerprint density at radius 2 is 1.61 bits per heavy atom. The Morgan fingerprint density at radius 1 is 0.842 bits per heavy atom. The summed E-state index contributed by atoms with van der Waals surface area (Å²) in [6.45, 7) is 6.69. The Balaban J connectivity index is 1.60. The molecule has 0 radical (unpaired) electrons. The van der Waals surface area contributed by atoms with E-state index in [1.807, 2.05) is 117 Å². The van der Waals surface area contributed by atoms with E-state index in [-0.39, 0.29) is 11.6 Å². The van der Waals surface area contributed by atoms with Crippen LogP contribution in [0.5, 0.6) is 11.6 Å². The molecule has 0 fully saturated rings. The molecule has 2 aromatic heterocycles. The summed E-state index contributed by atoms with van der Waals surface area (Å²) >= 11 is 1.29. The number of anilines is 2. The second-order valence-corrected chi connectivity index (χ2v) is 10.2. The molecule has 3 aromatic carbocycles. The van der Waals surface area contributed by atoms with Gasteiger partial charge < -0.3 is 15.1 Å². The normalized spacial score (nSPS) is 10.9. The summed E-state index contributed by atoms with van der Waals surface area (Å²) in [6, 6.07) is 27.9. The van der Waals surface area contributed by atoms with E-state index in [9.17, 15) is 10.2 Å². The van der Waals surface area contributed by atoms with Crippen molar-refractivity contribution in [3.05, 3.63) is 108 Å². The van der Waals surface area contributed by atoms with Gasteiger partial charge in [-0.3, -0.25) is 4.98 Å². The van der Waals surface area contributed by atoms with E-state index in [2.05, 4.69) is 9.97 Å². The summed E-state index contributed by atoms with van der Waals surface area (Å²) in [5, 5.41) is 22.8. The third-order valence-corrected chi connectivity index (χ3v) is 7.52. The summed E-state index contributed by atoms with van der Waals surface area (Å²) in [4.78, 5) is 12.0. The van der Waals surface area contributed by atoms with E-state index < -0.39 is 0 Å². The summed E-state index contributed by atoms with van der Waals surface area (Å²) in [5.41, 5.74) is 7.22. The van der Waals surface area contributed by atoms with Crippen molar-refractivity contribution in [2.45, 2.75) is 30.6 Å². The maximum Gasteiger partial charge on any atom is 0.229 e. The Bertz CT molecular complexity index is 1570. The van der Waals surface area contributed by atoms with E-state index in [0.717, 1.165) is 38.4 Å². The number of aromatic hydroxyl groups is 2. The Morgan fingerprint density at radius 3 is 2.29 bits per heavy atom. The van der Waals surface area contributed by atoms with Crippen molar-refractivity contribution in [1.82, 2.24) is 9.97 Å². The molecule has 0 unspecified atom stereocenters. The third kappa shape index (κ3) is 5.08. The minimum atomic E-state index is -0.203. The second kappa shape index (κ2) is 11.0. The summed E-state index contributed by atoms with van der Waals surface area (Å²) in [7, 11) is 0. The number of nitrogens with zero attached hydrogens (tertiary/aromatic N) is 3. The molecule has 5 aromatic rings. The molecule has 2 heterocycles. The van der Waals surface area contributed by atoms with Crippen molar-refractivity contribution in [2.75, 3.05) is 11.4 Å². The van der Waals surface area contributed by atoms with Gasteiger partial charge in [0, 0.05) is 35.1 Å². The lowest BCUT2D eigenvalue weighted by Crippen LogP contribution is -2.18. The monoisotopic (exact) mass is 519 g/mol. The highest BCUT2D eigenvalue weighted by Crippen LogP contribution is 2.50. The minimum Gasteiger partial charge on any atom is -0.504 e. The first kappa shape index (κ1) is 25.4. The number of benzene rings is 3. The maximum atomic E-state index is 11.7. The van der Waals surface area contributed by atoms with E-state index in [0.29, 0.717) is 22.8 Å². The smallest absolute Gasteiger partial charge is 0.229 e. The van der Waals surface area contributed by atoms with Gasteiger partial charge in [0.15, 0.2) is 5.75 Å². The molecule has 5 nitrogen and oxygen atoms in total. The van der Waals surface area contributed by atoms with Crippen LogP contribution in [0.4, 0.5) is 11.4 Å². The van der Waals surface area contributed by atoms with E-state index in [1.54, 1.807) is 6.20 Å². The third-order valence-electron chi connectivity index (χ3n) is 6.44. The Hall–Kier alpha value is -4.29. The lowest BCUT2D eigenvalue weighted by atomic mass is 10.0. The Labute approximate surface area is 227 Å². The van der Waals surface area contributed by atoms with Crippen LogP contribution in [0.1, 0.15) is 18.1 Å². The van der Waals surface area contributed by atoms with Crippen LogP contribution in [0, 0.1) is 13.8 Å². The van der Waals surface area contributed by atoms with Gasteiger partial charge in [-0.1, -0.05) is 65.9 Å². The predicted octanol–water partition coefficient (Wildman–Crippen LogP) is 8.15. The molecule has 0 aliphatic carbocycles. The van der Waals surface area contributed by atoms with Crippen molar-refractivity contribution in [2.24, 2.45) is 0 Å². The van der Waals surface area contributed by atoms with Crippen molar-refractivity contribution in [3.63, 3.8) is 0 Å². The number of aryl methyl sites for hydroxylation is 2. The molecule has 0 spiro atoms. The quantitative estimate of drug-likeness (QED) is 0.226. The highest BCUT2D eigenvalue weighted by Gasteiger charge is 2.26.